The first-order chi connectivity index (χ1) is 11.6. The summed E-state index contributed by atoms with van der Waals surface area (Å²) in [5.74, 6) is -0.116. The van der Waals surface area contributed by atoms with E-state index in [4.69, 9.17) is 4.74 Å². The van der Waals surface area contributed by atoms with Crippen molar-refractivity contribution in [2.24, 2.45) is 0 Å². The Balaban J connectivity index is 0.00000225. The van der Waals surface area contributed by atoms with E-state index in [1.54, 1.807) is 12.3 Å². The molecule has 1 amide bonds. The number of carbonyl (C=O) groups is 1. The van der Waals surface area contributed by atoms with Crippen molar-refractivity contribution < 1.29 is 9.53 Å². The van der Waals surface area contributed by atoms with E-state index in [9.17, 15) is 4.79 Å². The Morgan fingerprint density at radius 3 is 2.80 bits per heavy atom. The SMILES string of the molecule is COc1nccc(C(=O)N2c3ccccc3CCC2CN(C)C)n1.I. The normalized spacial score (nSPS) is 16.2. The quantitative estimate of drug-likeness (QED) is 0.665. The van der Waals surface area contributed by atoms with Crippen LogP contribution in [0.4, 0.5) is 5.69 Å². The van der Waals surface area contributed by atoms with E-state index in [0.29, 0.717) is 5.69 Å². The molecule has 0 fully saturated rings. The number of rotatable bonds is 4. The summed E-state index contributed by atoms with van der Waals surface area (Å²) in [7, 11) is 5.54. The van der Waals surface area contributed by atoms with Gasteiger partial charge >= 0.3 is 6.01 Å². The fraction of sp³-hybridized carbons (Fsp3) is 0.389. The molecule has 7 heteroatoms. The maximum atomic E-state index is 13.2. The van der Waals surface area contributed by atoms with Crippen molar-refractivity contribution in [2.45, 2.75) is 18.9 Å². The van der Waals surface area contributed by atoms with Gasteiger partial charge in [0.2, 0.25) is 0 Å². The lowest BCUT2D eigenvalue weighted by Crippen LogP contribution is -2.48. The minimum absolute atomic E-state index is 0. The van der Waals surface area contributed by atoms with E-state index < -0.39 is 0 Å². The number of nitrogens with zero attached hydrogens (tertiary/aromatic N) is 4. The number of fused-ring (bicyclic) bond motifs is 1. The van der Waals surface area contributed by atoms with Gasteiger partial charge in [0.25, 0.3) is 5.91 Å². The van der Waals surface area contributed by atoms with Crippen molar-refractivity contribution >= 4 is 35.6 Å². The van der Waals surface area contributed by atoms with Crippen LogP contribution in [0.2, 0.25) is 0 Å². The van der Waals surface area contributed by atoms with Gasteiger partial charge in [-0.2, -0.15) is 4.98 Å². The molecule has 6 nitrogen and oxygen atoms in total. The van der Waals surface area contributed by atoms with E-state index in [2.05, 4.69) is 20.9 Å². The topological polar surface area (TPSA) is 58.6 Å². The fourth-order valence-electron chi connectivity index (χ4n) is 3.16. The van der Waals surface area contributed by atoms with Crippen molar-refractivity contribution in [3.8, 4) is 6.01 Å². The first-order valence-corrected chi connectivity index (χ1v) is 8.03. The number of anilines is 1. The molecule has 0 spiro atoms. The number of methoxy groups -OCH3 is 1. The molecular weight excluding hydrogens is 431 g/mol. The minimum Gasteiger partial charge on any atom is -0.467 e. The Hall–Kier alpha value is -1.74. The molecule has 0 saturated carbocycles. The van der Waals surface area contributed by atoms with Gasteiger partial charge in [0.15, 0.2) is 0 Å². The molecule has 0 bridgehead atoms. The zero-order valence-corrected chi connectivity index (χ0v) is 17.0. The molecule has 0 radical (unpaired) electrons. The summed E-state index contributed by atoms with van der Waals surface area (Å²) in [5, 5.41) is 0. The Labute approximate surface area is 165 Å². The van der Waals surface area contributed by atoms with Crippen molar-refractivity contribution in [3.63, 3.8) is 0 Å². The summed E-state index contributed by atoms with van der Waals surface area (Å²) in [6.45, 7) is 0.808. The number of hydrogen-bond acceptors (Lipinski definition) is 5. The first-order valence-electron chi connectivity index (χ1n) is 8.03. The number of benzene rings is 1. The number of amides is 1. The number of hydrogen-bond donors (Lipinski definition) is 0. The molecule has 1 aliphatic heterocycles. The van der Waals surface area contributed by atoms with E-state index in [1.807, 2.05) is 37.2 Å². The predicted molar refractivity (Wildman–Crippen MR) is 108 cm³/mol. The maximum Gasteiger partial charge on any atom is 0.316 e. The molecule has 0 N–H and O–H groups in total. The monoisotopic (exact) mass is 454 g/mol. The number of aromatic nitrogens is 2. The van der Waals surface area contributed by atoms with Crippen LogP contribution < -0.4 is 9.64 Å². The highest BCUT2D eigenvalue weighted by Crippen LogP contribution is 2.32. The largest absolute Gasteiger partial charge is 0.467 e. The van der Waals surface area contributed by atoms with E-state index in [-0.39, 0.29) is 41.9 Å². The van der Waals surface area contributed by atoms with Crippen LogP contribution in [0.5, 0.6) is 6.01 Å². The van der Waals surface area contributed by atoms with Crippen LogP contribution in [-0.4, -0.2) is 54.6 Å². The van der Waals surface area contributed by atoms with Crippen LogP contribution in [0, 0.1) is 0 Å². The van der Waals surface area contributed by atoms with Crippen LogP contribution in [0.1, 0.15) is 22.5 Å². The van der Waals surface area contributed by atoms with Crippen molar-refractivity contribution in [1.29, 1.82) is 0 Å². The van der Waals surface area contributed by atoms with Crippen LogP contribution in [0.25, 0.3) is 0 Å². The number of carbonyl (C=O) groups excluding carboxylic acids is 1. The average molecular weight is 454 g/mol. The molecule has 2 aromatic rings. The second-order valence-corrected chi connectivity index (χ2v) is 6.19. The standard InChI is InChI=1S/C18H22N4O2.HI/c1-21(2)12-14-9-8-13-6-4-5-7-16(13)22(14)17(23)15-10-11-19-18(20-15)24-3;/h4-7,10-11,14H,8-9,12H2,1-3H3;1H. The summed E-state index contributed by atoms with van der Waals surface area (Å²) < 4.78 is 5.05. The fourth-order valence-corrected chi connectivity index (χ4v) is 3.16. The Morgan fingerprint density at radius 2 is 2.08 bits per heavy atom. The molecule has 2 heterocycles. The first kappa shape index (κ1) is 19.6. The molecular formula is C18H23IN4O2. The molecule has 1 unspecified atom stereocenters. The highest BCUT2D eigenvalue weighted by Gasteiger charge is 2.32. The molecule has 0 aliphatic carbocycles. The smallest absolute Gasteiger partial charge is 0.316 e. The summed E-state index contributed by atoms with van der Waals surface area (Å²) in [6, 6.07) is 10.0. The number of ether oxygens (including phenoxy) is 1. The van der Waals surface area contributed by atoms with Gasteiger partial charge in [-0.05, 0) is 44.6 Å². The third-order valence-electron chi connectivity index (χ3n) is 4.19. The lowest BCUT2D eigenvalue weighted by atomic mass is 9.95. The molecule has 1 aliphatic rings. The van der Waals surface area contributed by atoms with Crippen molar-refractivity contribution in [1.82, 2.24) is 14.9 Å². The van der Waals surface area contributed by atoms with Gasteiger partial charge in [0.05, 0.1) is 13.2 Å². The lowest BCUT2D eigenvalue weighted by Gasteiger charge is -2.38. The lowest BCUT2D eigenvalue weighted by molar-refractivity contribution is 0.0962. The second-order valence-electron chi connectivity index (χ2n) is 6.19. The van der Waals surface area contributed by atoms with E-state index >= 15 is 0 Å². The van der Waals surface area contributed by atoms with Gasteiger partial charge in [-0.25, -0.2) is 4.98 Å². The molecule has 1 atom stereocenters. The Kier molecular flexibility index (Phi) is 6.71. The predicted octanol–water partition coefficient (Wildman–Crippen LogP) is 2.63. The van der Waals surface area contributed by atoms with Gasteiger partial charge in [-0.3, -0.25) is 4.79 Å². The molecule has 25 heavy (non-hydrogen) atoms. The summed E-state index contributed by atoms with van der Waals surface area (Å²) in [4.78, 5) is 25.4. The van der Waals surface area contributed by atoms with Gasteiger partial charge in [0.1, 0.15) is 5.69 Å². The number of para-hydroxylation sites is 1. The molecule has 1 aromatic carbocycles. The average Bonchev–Trinajstić information content (AvgIpc) is 2.60. The second kappa shape index (κ2) is 8.57. The van der Waals surface area contributed by atoms with E-state index in [0.717, 1.165) is 25.1 Å². The van der Waals surface area contributed by atoms with Crippen molar-refractivity contribution in [2.75, 3.05) is 32.6 Å². The van der Waals surface area contributed by atoms with Gasteiger partial charge < -0.3 is 14.5 Å². The van der Waals surface area contributed by atoms with Gasteiger partial charge in [-0.1, -0.05) is 18.2 Å². The summed E-state index contributed by atoms with van der Waals surface area (Å²) in [6.07, 6.45) is 3.46. The molecule has 134 valence electrons. The van der Waals surface area contributed by atoms with Gasteiger partial charge in [0, 0.05) is 18.4 Å². The highest BCUT2D eigenvalue weighted by atomic mass is 127. The number of likely N-dealkylation sites (N-methyl/N-ethyl adjacent to an activating group) is 1. The molecule has 0 saturated heterocycles. The molecule has 3 rings (SSSR count). The minimum atomic E-state index is -0.116. The summed E-state index contributed by atoms with van der Waals surface area (Å²) >= 11 is 0. The van der Waals surface area contributed by atoms with Crippen LogP contribution in [-0.2, 0) is 6.42 Å². The number of aryl methyl sites for hydroxylation is 1. The van der Waals surface area contributed by atoms with Crippen molar-refractivity contribution in [3.05, 3.63) is 47.8 Å². The Morgan fingerprint density at radius 1 is 1.32 bits per heavy atom. The van der Waals surface area contributed by atoms with Crippen LogP contribution in [0.3, 0.4) is 0 Å². The number of halogens is 1. The van der Waals surface area contributed by atoms with Crippen LogP contribution >= 0.6 is 24.0 Å². The zero-order valence-electron chi connectivity index (χ0n) is 14.7. The third kappa shape index (κ3) is 4.27. The Bertz CT molecular complexity index is 739. The highest BCUT2D eigenvalue weighted by molar-refractivity contribution is 14.0. The summed E-state index contributed by atoms with van der Waals surface area (Å²) in [5.41, 5.74) is 2.52. The maximum absolute atomic E-state index is 13.2. The third-order valence-corrected chi connectivity index (χ3v) is 4.19. The molecule has 1 aromatic heterocycles. The zero-order chi connectivity index (χ0) is 17.1. The van der Waals surface area contributed by atoms with Gasteiger partial charge in [-0.15, -0.1) is 24.0 Å². The van der Waals surface area contributed by atoms with Crippen LogP contribution in [0.15, 0.2) is 36.5 Å². The van der Waals surface area contributed by atoms with E-state index in [1.165, 1.54) is 12.7 Å².